The smallest absolute Gasteiger partial charge is 0.0567 e. The third kappa shape index (κ3) is 1.96. The predicted molar refractivity (Wildman–Crippen MR) is 34.4 cm³/mol. The van der Waals surface area contributed by atoms with E-state index in [4.69, 9.17) is 5.21 Å². The van der Waals surface area contributed by atoms with E-state index < -0.39 is 0 Å². The van der Waals surface area contributed by atoms with Gasteiger partial charge in [-0.05, 0) is 19.3 Å². The molecular weight excluding hydrogens is 102 g/mol. The highest BCUT2D eigenvalue weighted by molar-refractivity contribution is 5.83. The summed E-state index contributed by atoms with van der Waals surface area (Å²) < 4.78 is 0. The van der Waals surface area contributed by atoms with Crippen LogP contribution in [0.15, 0.2) is 5.16 Å². The minimum absolute atomic E-state index is 0.417. The van der Waals surface area contributed by atoms with Crippen LogP contribution in [0.4, 0.5) is 0 Å². The van der Waals surface area contributed by atoms with Crippen LogP contribution in [0.5, 0.6) is 0 Å². The fourth-order valence-electron chi connectivity index (χ4n) is 0.394. The molecule has 48 valence electrons. The molecule has 2 heteroatoms. The van der Waals surface area contributed by atoms with E-state index in [0.29, 0.717) is 5.92 Å². The molecule has 0 aromatic heterocycles. The second-order valence-corrected chi connectivity index (χ2v) is 2.05. The Bertz CT molecular complexity index is 88.5. The third-order valence-corrected chi connectivity index (χ3v) is 1.48. The van der Waals surface area contributed by atoms with Crippen molar-refractivity contribution in [3.63, 3.8) is 0 Å². The summed E-state index contributed by atoms with van der Waals surface area (Å²) in [5.74, 6) is 0.417. The third-order valence-electron chi connectivity index (χ3n) is 1.48. The van der Waals surface area contributed by atoms with Crippen LogP contribution in [-0.2, 0) is 0 Å². The van der Waals surface area contributed by atoms with Gasteiger partial charge in [0, 0.05) is 0 Å². The summed E-state index contributed by atoms with van der Waals surface area (Å²) in [5.41, 5.74) is 0.813. The van der Waals surface area contributed by atoms with Gasteiger partial charge >= 0.3 is 0 Å². The minimum atomic E-state index is 0.417. The normalized spacial score (nSPS) is 16.1. The van der Waals surface area contributed by atoms with Crippen LogP contribution in [0.25, 0.3) is 0 Å². The second kappa shape index (κ2) is 3.47. The fraction of sp³-hybridized carbons (Fsp3) is 0.833. The van der Waals surface area contributed by atoms with Crippen molar-refractivity contribution in [2.45, 2.75) is 27.2 Å². The molecule has 0 fully saturated rings. The number of rotatable bonds is 2. The van der Waals surface area contributed by atoms with Gasteiger partial charge in [0.25, 0.3) is 0 Å². The molecule has 1 atom stereocenters. The first-order valence-corrected chi connectivity index (χ1v) is 2.90. The van der Waals surface area contributed by atoms with Gasteiger partial charge < -0.3 is 5.21 Å². The molecule has 0 aromatic carbocycles. The van der Waals surface area contributed by atoms with Gasteiger partial charge in [-0.25, -0.2) is 0 Å². The summed E-state index contributed by atoms with van der Waals surface area (Å²) in [4.78, 5) is 0. The van der Waals surface area contributed by atoms with Crippen molar-refractivity contribution in [3.8, 4) is 0 Å². The van der Waals surface area contributed by atoms with Gasteiger partial charge in [0.2, 0.25) is 0 Å². The molecule has 0 radical (unpaired) electrons. The van der Waals surface area contributed by atoms with Crippen LogP contribution in [-0.4, -0.2) is 10.9 Å². The Morgan fingerprint density at radius 2 is 2.25 bits per heavy atom. The molecule has 0 aromatic rings. The van der Waals surface area contributed by atoms with Crippen molar-refractivity contribution in [3.05, 3.63) is 0 Å². The Hall–Kier alpha value is -0.530. The molecule has 1 unspecified atom stereocenters. The second-order valence-electron chi connectivity index (χ2n) is 2.05. The lowest BCUT2D eigenvalue weighted by Gasteiger charge is -2.02. The lowest BCUT2D eigenvalue weighted by Crippen LogP contribution is -2.04. The summed E-state index contributed by atoms with van der Waals surface area (Å²) in [5, 5.41) is 11.3. The number of nitrogens with zero attached hydrogens (tertiary/aromatic N) is 1. The van der Waals surface area contributed by atoms with E-state index in [0.717, 1.165) is 12.1 Å². The van der Waals surface area contributed by atoms with Crippen molar-refractivity contribution in [1.82, 2.24) is 0 Å². The minimum Gasteiger partial charge on any atom is -0.411 e. The van der Waals surface area contributed by atoms with Crippen LogP contribution in [0.3, 0.4) is 0 Å². The molecule has 0 aliphatic heterocycles. The molecule has 0 aliphatic rings. The summed E-state index contributed by atoms with van der Waals surface area (Å²) in [6.45, 7) is 5.93. The standard InChI is InChI=1S/C6H13NO/c1-4-5(2)6(3)7-8/h5,8H,4H2,1-3H3/b7-6+. The molecule has 8 heavy (non-hydrogen) atoms. The maximum atomic E-state index is 8.22. The van der Waals surface area contributed by atoms with Gasteiger partial charge in [0.1, 0.15) is 0 Å². The number of hydrogen-bond donors (Lipinski definition) is 1. The van der Waals surface area contributed by atoms with Crippen LogP contribution < -0.4 is 0 Å². The molecule has 0 aliphatic carbocycles. The van der Waals surface area contributed by atoms with Gasteiger partial charge in [0.15, 0.2) is 0 Å². The Kier molecular flexibility index (Phi) is 3.24. The average Bonchev–Trinajstić information content (AvgIpc) is 1.84. The van der Waals surface area contributed by atoms with Crippen LogP contribution >= 0.6 is 0 Å². The van der Waals surface area contributed by atoms with Crippen LogP contribution in [0, 0.1) is 5.92 Å². The van der Waals surface area contributed by atoms with Gasteiger partial charge in [-0.15, -0.1) is 0 Å². The van der Waals surface area contributed by atoms with Gasteiger partial charge in [-0.1, -0.05) is 19.0 Å². The molecular formula is C6H13NO. The average molecular weight is 115 g/mol. The molecule has 0 rings (SSSR count). The van der Waals surface area contributed by atoms with E-state index in [9.17, 15) is 0 Å². The molecule has 0 amide bonds. The topological polar surface area (TPSA) is 32.6 Å². The Morgan fingerprint density at radius 3 is 2.38 bits per heavy atom. The lowest BCUT2D eigenvalue weighted by atomic mass is 10.1. The quantitative estimate of drug-likeness (QED) is 0.332. The zero-order valence-electron chi connectivity index (χ0n) is 5.68. The van der Waals surface area contributed by atoms with Gasteiger partial charge in [-0.2, -0.15) is 0 Å². The molecule has 0 bridgehead atoms. The van der Waals surface area contributed by atoms with Crippen LogP contribution in [0.2, 0.25) is 0 Å². The van der Waals surface area contributed by atoms with Gasteiger partial charge in [0.05, 0.1) is 5.71 Å². The van der Waals surface area contributed by atoms with Crippen LogP contribution in [0.1, 0.15) is 27.2 Å². The van der Waals surface area contributed by atoms with E-state index in [1.807, 2.05) is 13.8 Å². The molecule has 1 N–H and O–H groups in total. The summed E-state index contributed by atoms with van der Waals surface area (Å²) in [6, 6.07) is 0. The van der Waals surface area contributed by atoms with Crippen molar-refractivity contribution < 1.29 is 5.21 Å². The SMILES string of the molecule is CCC(C)/C(C)=N/O. The molecule has 2 nitrogen and oxygen atoms in total. The Labute approximate surface area is 50.2 Å². The maximum absolute atomic E-state index is 8.22. The summed E-state index contributed by atoms with van der Waals surface area (Å²) >= 11 is 0. The molecule has 0 saturated carbocycles. The zero-order valence-corrected chi connectivity index (χ0v) is 5.68. The Balaban J connectivity index is 3.63. The number of oxime groups is 1. The van der Waals surface area contributed by atoms with Crippen molar-refractivity contribution >= 4 is 5.71 Å². The van der Waals surface area contributed by atoms with Crippen molar-refractivity contribution in [2.24, 2.45) is 11.1 Å². The summed E-state index contributed by atoms with van der Waals surface area (Å²) in [7, 11) is 0. The molecule has 0 saturated heterocycles. The fourth-order valence-corrected chi connectivity index (χ4v) is 0.394. The van der Waals surface area contributed by atoms with E-state index in [2.05, 4.69) is 12.1 Å². The first-order chi connectivity index (χ1) is 3.72. The molecule has 0 heterocycles. The van der Waals surface area contributed by atoms with Crippen molar-refractivity contribution in [1.29, 1.82) is 0 Å². The first-order valence-electron chi connectivity index (χ1n) is 2.90. The first kappa shape index (κ1) is 7.47. The van der Waals surface area contributed by atoms with Crippen molar-refractivity contribution in [2.75, 3.05) is 0 Å². The Morgan fingerprint density at radius 1 is 1.75 bits per heavy atom. The largest absolute Gasteiger partial charge is 0.411 e. The van der Waals surface area contributed by atoms with Gasteiger partial charge in [-0.3, -0.25) is 0 Å². The van der Waals surface area contributed by atoms with E-state index in [-0.39, 0.29) is 0 Å². The highest BCUT2D eigenvalue weighted by Gasteiger charge is 2.00. The highest BCUT2D eigenvalue weighted by Crippen LogP contribution is 2.01. The van der Waals surface area contributed by atoms with E-state index in [1.54, 1.807) is 0 Å². The highest BCUT2D eigenvalue weighted by atomic mass is 16.4. The molecule has 0 spiro atoms. The predicted octanol–water partition coefficient (Wildman–Crippen LogP) is 1.88. The zero-order chi connectivity index (χ0) is 6.57. The van der Waals surface area contributed by atoms with E-state index >= 15 is 0 Å². The lowest BCUT2D eigenvalue weighted by molar-refractivity contribution is 0.314. The maximum Gasteiger partial charge on any atom is 0.0567 e. The number of hydrogen-bond acceptors (Lipinski definition) is 2. The summed E-state index contributed by atoms with van der Waals surface area (Å²) in [6.07, 6.45) is 1.04. The monoisotopic (exact) mass is 115 g/mol. The van der Waals surface area contributed by atoms with E-state index in [1.165, 1.54) is 0 Å².